The lowest BCUT2D eigenvalue weighted by atomic mass is 9.89. The van der Waals surface area contributed by atoms with Crippen molar-refractivity contribution >= 4 is 5.78 Å². The minimum Gasteiger partial charge on any atom is -0.309 e. The maximum Gasteiger partial charge on any atom is 0.179 e. The maximum absolute atomic E-state index is 12.5. The highest BCUT2D eigenvalue weighted by Gasteiger charge is 2.17. The topological polar surface area (TPSA) is 32.3 Å². The van der Waals surface area contributed by atoms with Gasteiger partial charge in [-0.2, -0.15) is 0 Å². The van der Waals surface area contributed by atoms with E-state index in [4.69, 9.17) is 0 Å². The fourth-order valence-electron chi connectivity index (χ4n) is 2.94. The van der Waals surface area contributed by atoms with Gasteiger partial charge >= 0.3 is 0 Å². The summed E-state index contributed by atoms with van der Waals surface area (Å²) in [6.45, 7) is 3.90. The van der Waals surface area contributed by atoms with E-state index >= 15 is 0 Å². The Kier molecular flexibility index (Phi) is 5.95. The lowest BCUT2D eigenvalue weighted by molar-refractivity contribution is 0.0950. The van der Waals surface area contributed by atoms with Crippen molar-refractivity contribution in [1.29, 1.82) is 0 Å². The predicted molar refractivity (Wildman–Crippen MR) is 88.1 cm³/mol. The minimum absolute atomic E-state index is 0.103. The van der Waals surface area contributed by atoms with Crippen molar-refractivity contribution in [2.45, 2.75) is 45.1 Å². The standard InChI is InChI=1S/C18H28N2O/c1-14(19-11-6-12-20(2)3)18(21)17-10-9-15-7-4-5-8-16(15)13-17/h9-10,13-14,19H,4-8,11-12H2,1-3H3. The molecule has 2 rings (SSSR count). The molecule has 0 heterocycles. The number of rotatable bonds is 7. The Morgan fingerprint density at radius 3 is 2.67 bits per heavy atom. The van der Waals surface area contributed by atoms with Crippen LogP contribution in [0, 0.1) is 0 Å². The summed E-state index contributed by atoms with van der Waals surface area (Å²) in [6, 6.07) is 6.17. The summed E-state index contributed by atoms with van der Waals surface area (Å²) >= 11 is 0. The lowest BCUT2D eigenvalue weighted by Gasteiger charge is -2.18. The second kappa shape index (κ2) is 7.71. The van der Waals surface area contributed by atoms with Crippen LogP contribution in [0.25, 0.3) is 0 Å². The van der Waals surface area contributed by atoms with Crippen LogP contribution in [-0.4, -0.2) is 43.9 Å². The Morgan fingerprint density at radius 1 is 1.24 bits per heavy atom. The first-order valence-corrected chi connectivity index (χ1v) is 8.12. The summed E-state index contributed by atoms with van der Waals surface area (Å²) in [7, 11) is 4.14. The van der Waals surface area contributed by atoms with Crippen LogP contribution in [-0.2, 0) is 12.8 Å². The van der Waals surface area contributed by atoms with Gasteiger partial charge in [0.2, 0.25) is 0 Å². The number of fused-ring (bicyclic) bond motifs is 1. The molecule has 3 heteroatoms. The summed E-state index contributed by atoms with van der Waals surface area (Å²) in [5, 5.41) is 3.34. The zero-order chi connectivity index (χ0) is 15.2. The van der Waals surface area contributed by atoms with E-state index in [2.05, 4.69) is 36.4 Å². The Hall–Kier alpha value is -1.19. The molecule has 1 atom stereocenters. The number of carbonyl (C=O) groups excluding carboxylic acids is 1. The molecule has 1 aromatic rings. The van der Waals surface area contributed by atoms with Crippen LogP contribution in [0.2, 0.25) is 0 Å². The summed E-state index contributed by atoms with van der Waals surface area (Å²) in [4.78, 5) is 14.6. The van der Waals surface area contributed by atoms with Crippen molar-refractivity contribution in [3.05, 3.63) is 34.9 Å². The number of nitrogens with zero attached hydrogens (tertiary/aromatic N) is 1. The van der Waals surface area contributed by atoms with Gasteiger partial charge in [0, 0.05) is 5.56 Å². The molecule has 1 unspecified atom stereocenters. The van der Waals surface area contributed by atoms with Crippen LogP contribution in [0.1, 0.15) is 47.7 Å². The van der Waals surface area contributed by atoms with Crippen LogP contribution in [0.3, 0.4) is 0 Å². The van der Waals surface area contributed by atoms with Gasteiger partial charge in [0.25, 0.3) is 0 Å². The van der Waals surface area contributed by atoms with Crippen LogP contribution in [0.4, 0.5) is 0 Å². The quantitative estimate of drug-likeness (QED) is 0.618. The summed E-state index contributed by atoms with van der Waals surface area (Å²) < 4.78 is 0. The second-order valence-corrected chi connectivity index (χ2v) is 6.39. The summed E-state index contributed by atoms with van der Waals surface area (Å²) in [5.41, 5.74) is 3.68. The molecule has 0 bridgehead atoms. The Morgan fingerprint density at radius 2 is 1.95 bits per heavy atom. The first-order valence-electron chi connectivity index (χ1n) is 8.12. The molecule has 1 aliphatic rings. The molecule has 1 N–H and O–H groups in total. The van der Waals surface area contributed by atoms with Gasteiger partial charge in [-0.1, -0.05) is 12.1 Å². The minimum atomic E-state index is -0.103. The molecule has 0 saturated heterocycles. The molecule has 0 fully saturated rings. The Labute approximate surface area is 128 Å². The summed E-state index contributed by atoms with van der Waals surface area (Å²) in [6.07, 6.45) is 5.89. The van der Waals surface area contributed by atoms with E-state index in [-0.39, 0.29) is 11.8 Å². The van der Waals surface area contributed by atoms with E-state index < -0.39 is 0 Å². The van der Waals surface area contributed by atoms with Crippen LogP contribution >= 0.6 is 0 Å². The fraction of sp³-hybridized carbons (Fsp3) is 0.611. The smallest absolute Gasteiger partial charge is 0.179 e. The fourth-order valence-corrected chi connectivity index (χ4v) is 2.94. The van der Waals surface area contributed by atoms with Gasteiger partial charge in [-0.3, -0.25) is 4.79 Å². The third-order valence-corrected chi connectivity index (χ3v) is 4.26. The van der Waals surface area contributed by atoms with Gasteiger partial charge in [-0.25, -0.2) is 0 Å². The normalized spacial score (nSPS) is 15.8. The van der Waals surface area contributed by atoms with Crippen molar-refractivity contribution in [3.63, 3.8) is 0 Å². The molecule has 1 aromatic carbocycles. The third kappa shape index (κ3) is 4.65. The van der Waals surface area contributed by atoms with E-state index in [0.29, 0.717) is 0 Å². The van der Waals surface area contributed by atoms with Crippen molar-refractivity contribution < 1.29 is 4.79 Å². The van der Waals surface area contributed by atoms with Crippen molar-refractivity contribution in [3.8, 4) is 0 Å². The zero-order valence-corrected chi connectivity index (χ0v) is 13.6. The number of benzene rings is 1. The second-order valence-electron chi connectivity index (χ2n) is 6.39. The SMILES string of the molecule is CC(NCCCN(C)C)C(=O)c1ccc2c(c1)CCCC2. The molecule has 0 saturated carbocycles. The number of Topliss-reactive ketones (excluding diaryl/α,β-unsaturated/α-hetero) is 1. The average Bonchev–Trinajstić information content (AvgIpc) is 2.50. The van der Waals surface area contributed by atoms with Crippen molar-refractivity contribution in [2.24, 2.45) is 0 Å². The van der Waals surface area contributed by atoms with Crippen LogP contribution in [0.15, 0.2) is 18.2 Å². The Balaban J connectivity index is 1.90. The van der Waals surface area contributed by atoms with Crippen molar-refractivity contribution in [2.75, 3.05) is 27.2 Å². The average molecular weight is 288 g/mol. The van der Waals surface area contributed by atoms with Crippen LogP contribution in [0.5, 0.6) is 0 Å². The monoisotopic (exact) mass is 288 g/mol. The summed E-state index contributed by atoms with van der Waals surface area (Å²) in [5.74, 6) is 0.216. The molecule has 1 aliphatic carbocycles. The molecular formula is C18H28N2O. The third-order valence-electron chi connectivity index (χ3n) is 4.26. The van der Waals surface area contributed by atoms with E-state index in [1.165, 1.54) is 30.4 Å². The highest BCUT2D eigenvalue weighted by Crippen LogP contribution is 2.22. The number of hydrogen-bond acceptors (Lipinski definition) is 3. The molecule has 0 radical (unpaired) electrons. The maximum atomic E-state index is 12.5. The molecule has 0 aliphatic heterocycles. The molecule has 116 valence electrons. The molecular weight excluding hydrogens is 260 g/mol. The largest absolute Gasteiger partial charge is 0.309 e. The van der Waals surface area contributed by atoms with Gasteiger partial charge in [0.15, 0.2) is 5.78 Å². The van der Waals surface area contributed by atoms with Crippen molar-refractivity contribution in [1.82, 2.24) is 10.2 Å². The van der Waals surface area contributed by atoms with Gasteiger partial charge in [-0.05, 0) is 83.4 Å². The first-order chi connectivity index (χ1) is 10.1. The van der Waals surface area contributed by atoms with E-state index in [1.54, 1.807) is 0 Å². The van der Waals surface area contributed by atoms with E-state index in [9.17, 15) is 4.79 Å². The van der Waals surface area contributed by atoms with E-state index in [0.717, 1.165) is 31.5 Å². The molecule has 3 nitrogen and oxygen atoms in total. The van der Waals surface area contributed by atoms with Gasteiger partial charge in [-0.15, -0.1) is 0 Å². The first kappa shape index (κ1) is 16.2. The molecule has 21 heavy (non-hydrogen) atoms. The number of ketones is 1. The lowest BCUT2D eigenvalue weighted by Crippen LogP contribution is -2.35. The number of hydrogen-bond donors (Lipinski definition) is 1. The highest BCUT2D eigenvalue weighted by molar-refractivity contribution is 6.00. The van der Waals surface area contributed by atoms with Crippen LogP contribution < -0.4 is 5.32 Å². The van der Waals surface area contributed by atoms with Gasteiger partial charge in [0.05, 0.1) is 6.04 Å². The van der Waals surface area contributed by atoms with E-state index in [1.807, 2.05) is 13.0 Å². The number of carbonyl (C=O) groups is 1. The van der Waals surface area contributed by atoms with Gasteiger partial charge < -0.3 is 10.2 Å². The predicted octanol–water partition coefficient (Wildman–Crippen LogP) is 2.68. The molecule has 0 aromatic heterocycles. The Bertz CT molecular complexity index is 482. The molecule has 0 amide bonds. The number of aryl methyl sites for hydroxylation is 2. The molecule has 0 spiro atoms. The number of nitrogens with one attached hydrogen (secondary N) is 1. The van der Waals surface area contributed by atoms with Gasteiger partial charge in [0.1, 0.15) is 0 Å². The highest BCUT2D eigenvalue weighted by atomic mass is 16.1. The zero-order valence-electron chi connectivity index (χ0n) is 13.6.